The lowest BCUT2D eigenvalue weighted by Gasteiger charge is -2.13. The third kappa shape index (κ3) is 2.54. The van der Waals surface area contributed by atoms with Crippen molar-refractivity contribution < 1.29 is 0 Å². The van der Waals surface area contributed by atoms with Crippen molar-refractivity contribution in [2.45, 2.75) is 0 Å². The van der Waals surface area contributed by atoms with Crippen molar-refractivity contribution in [1.82, 2.24) is 0 Å². The highest BCUT2D eigenvalue weighted by atomic mass is 14.2. The van der Waals surface area contributed by atoms with E-state index in [-0.39, 0.29) is 0 Å². The van der Waals surface area contributed by atoms with E-state index in [2.05, 4.69) is 133 Å². The van der Waals surface area contributed by atoms with Gasteiger partial charge in [0.25, 0.3) is 0 Å². The molecule has 0 aliphatic carbocycles. The van der Waals surface area contributed by atoms with Crippen molar-refractivity contribution in [2.24, 2.45) is 0 Å². The standard InChI is InChI=1S/C38H22/c1-2-12-28-23(8-1)9-6-15-29(28)24-18-20-25(21-19-24)34-33-17-7-16-31-30-13-3-4-14-32(30)38(37(31)33)36-27-11-5-10-26(22-27)35(34)36/h1-22H. The largest absolute Gasteiger partial charge is 0.0616 e. The van der Waals surface area contributed by atoms with Crippen molar-refractivity contribution in [3.63, 3.8) is 0 Å². The first-order chi connectivity index (χ1) is 18.9. The molecule has 0 heterocycles. The lowest BCUT2D eigenvalue weighted by Crippen LogP contribution is -1.86. The van der Waals surface area contributed by atoms with Gasteiger partial charge in [-0.2, -0.15) is 0 Å². The van der Waals surface area contributed by atoms with Gasteiger partial charge in [-0.15, -0.1) is 0 Å². The maximum Gasteiger partial charge on any atom is -0.000763 e. The Balaban J connectivity index is 1.39. The Labute approximate surface area is 220 Å². The number of benzene rings is 7. The van der Waals surface area contributed by atoms with Gasteiger partial charge in [0.15, 0.2) is 0 Å². The average Bonchev–Trinajstić information content (AvgIpc) is 3.45. The fourth-order valence-corrected chi connectivity index (χ4v) is 6.97. The van der Waals surface area contributed by atoms with Crippen LogP contribution in [0.3, 0.4) is 0 Å². The van der Waals surface area contributed by atoms with E-state index in [0.717, 1.165) is 0 Å². The van der Waals surface area contributed by atoms with E-state index in [1.807, 2.05) is 0 Å². The molecule has 0 N–H and O–H groups in total. The van der Waals surface area contributed by atoms with Gasteiger partial charge in [0.2, 0.25) is 0 Å². The molecule has 0 unspecified atom stereocenters. The van der Waals surface area contributed by atoms with Gasteiger partial charge >= 0.3 is 0 Å². The first kappa shape index (κ1) is 20.2. The van der Waals surface area contributed by atoms with Crippen LogP contribution in [0.25, 0.3) is 86.9 Å². The van der Waals surface area contributed by atoms with Crippen molar-refractivity contribution in [1.29, 1.82) is 0 Å². The lowest BCUT2D eigenvalue weighted by atomic mass is 9.89. The van der Waals surface area contributed by atoms with Crippen LogP contribution in [-0.4, -0.2) is 0 Å². The third-order valence-electron chi connectivity index (χ3n) is 8.53. The minimum atomic E-state index is 1.25. The second kappa shape index (κ2) is 7.31. The maximum atomic E-state index is 2.37. The molecule has 38 heavy (non-hydrogen) atoms. The number of hydrogen-bond donors (Lipinski definition) is 0. The molecule has 0 aliphatic rings. The number of hydrogen-bond acceptors (Lipinski definition) is 0. The quantitative estimate of drug-likeness (QED) is 0.232. The van der Waals surface area contributed by atoms with Crippen LogP contribution in [0.1, 0.15) is 0 Å². The number of rotatable bonds is 2. The summed E-state index contributed by atoms with van der Waals surface area (Å²) >= 11 is 0. The Morgan fingerprint density at radius 2 is 0.842 bits per heavy atom. The van der Waals surface area contributed by atoms with Gasteiger partial charge < -0.3 is 0 Å². The van der Waals surface area contributed by atoms with Gasteiger partial charge in [-0.25, -0.2) is 0 Å². The Bertz CT molecular complexity index is 2310. The molecule has 0 fully saturated rings. The third-order valence-corrected chi connectivity index (χ3v) is 8.53. The van der Waals surface area contributed by atoms with E-state index in [9.17, 15) is 0 Å². The highest BCUT2D eigenvalue weighted by Gasteiger charge is 2.22. The Hall–Kier alpha value is -4.94. The Kier molecular flexibility index (Phi) is 3.88. The molecule has 0 atom stereocenters. The van der Waals surface area contributed by atoms with Crippen LogP contribution in [0.15, 0.2) is 133 Å². The fourth-order valence-electron chi connectivity index (χ4n) is 6.97. The molecular formula is C38H22. The summed E-state index contributed by atoms with van der Waals surface area (Å²) in [6.07, 6.45) is 0. The van der Waals surface area contributed by atoms with Crippen molar-refractivity contribution >= 4 is 64.6 Å². The van der Waals surface area contributed by atoms with Crippen molar-refractivity contribution in [2.75, 3.05) is 0 Å². The van der Waals surface area contributed by atoms with Gasteiger partial charge in [0.1, 0.15) is 0 Å². The second-order valence-electron chi connectivity index (χ2n) is 10.5. The highest BCUT2D eigenvalue weighted by Crippen LogP contribution is 2.50. The normalized spacial score (nSPS) is 12.2. The highest BCUT2D eigenvalue weighted by molar-refractivity contribution is 6.44. The molecule has 0 saturated carbocycles. The molecule has 9 aromatic rings. The van der Waals surface area contributed by atoms with Gasteiger partial charge in [-0.3, -0.25) is 0 Å². The minimum Gasteiger partial charge on any atom is -0.0616 e. The summed E-state index contributed by atoms with van der Waals surface area (Å²) in [4.78, 5) is 0. The molecule has 0 heteroatoms. The average molecular weight is 479 g/mol. The summed E-state index contributed by atoms with van der Waals surface area (Å²) in [5, 5.41) is 16.2. The number of fused-ring (bicyclic) bond motifs is 10. The van der Waals surface area contributed by atoms with E-state index in [4.69, 9.17) is 0 Å². The monoisotopic (exact) mass is 478 g/mol. The zero-order chi connectivity index (χ0) is 24.8. The molecule has 0 nitrogen and oxygen atoms in total. The van der Waals surface area contributed by atoms with E-state index in [0.29, 0.717) is 0 Å². The molecular weight excluding hydrogens is 456 g/mol. The Morgan fingerprint density at radius 1 is 0.289 bits per heavy atom. The smallest absolute Gasteiger partial charge is 0.000763 e. The molecule has 0 aliphatic heterocycles. The first-order valence-corrected chi connectivity index (χ1v) is 13.3. The predicted octanol–water partition coefficient (Wildman–Crippen LogP) is 10.8. The van der Waals surface area contributed by atoms with Crippen molar-refractivity contribution in [3.05, 3.63) is 133 Å². The zero-order valence-corrected chi connectivity index (χ0v) is 20.7. The molecule has 0 spiro atoms. The molecule has 2 bridgehead atoms. The maximum absolute atomic E-state index is 2.37. The van der Waals surface area contributed by atoms with Crippen LogP contribution in [-0.2, 0) is 0 Å². The van der Waals surface area contributed by atoms with Crippen molar-refractivity contribution in [3.8, 4) is 22.3 Å². The van der Waals surface area contributed by atoms with Crippen LogP contribution in [0.5, 0.6) is 0 Å². The molecule has 9 rings (SSSR count). The van der Waals surface area contributed by atoms with E-state index < -0.39 is 0 Å². The van der Waals surface area contributed by atoms with Crippen LogP contribution < -0.4 is 0 Å². The van der Waals surface area contributed by atoms with Gasteiger partial charge in [-0.1, -0.05) is 127 Å². The van der Waals surface area contributed by atoms with Gasteiger partial charge in [0, 0.05) is 0 Å². The topological polar surface area (TPSA) is 0 Å². The van der Waals surface area contributed by atoms with Crippen LogP contribution >= 0.6 is 0 Å². The van der Waals surface area contributed by atoms with Gasteiger partial charge in [0.05, 0.1) is 0 Å². The first-order valence-electron chi connectivity index (χ1n) is 13.3. The summed E-state index contributed by atoms with van der Waals surface area (Å²) in [7, 11) is 0. The lowest BCUT2D eigenvalue weighted by molar-refractivity contribution is 1.64. The molecule has 0 saturated heterocycles. The summed E-state index contributed by atoms with van der Waals surface area (Å²) in [5.74, 6) is 0. The fraction of sp³-hybridized carbons (Fsp3) is 0. The molecule has 0 amide bonds. The summed E-state index contributed by atoms with van der Waals surface area (Å²) < 4.78 is 0. The summed E-state index contributed by atoms with van der Waals surface area (Å²) in [6, 6.07) is 49.3. The summed E-state index contributed by atoms with van der Waals surface area (Å²) in [5.41, 5.74) is 5.15. The summed E-state index contributed by atoms with van der Waals surface area (Å²) in [6.45, 7) is 0. The minimum absolute atomic E-state index is 1.25. The van der Waals surface area contributed by atoms with Crippen LogP contribution in [0.2, 0.25) is 0 Å². The van der Waals surface area contributed by atoms with E-state index >= 15 is 0 Å². The molecule has 0 aromatic heterocycles. The second-order valence-corrected chi connectivity index (χ2v) is 10.5. The van der Waals surface area contributed by atoms with Crippen LogP contribution in [0.4, 0.5) is 0 Å². The zero-order valence-electron chi connectivity index (χ0n) is 20.7. The van der Waals surface area contributed by atoms with Crippen LogP contribution in [0, 0.1) is 0 Å². The predicted molar refractivity (Wildman–Crippen MR) is 165 cm³/mol. The molecule has 9 aromatic carbocycles. The van der Waals surface area contributed by atoms with E-state index in [1.165, 1.54) is 86.9 Å². The SMILES string of the molecule is c1ccc2c(-c3ccc(-c4c5cccc6c7ccccc7c(c56)c5c6cccc(c6)c45)cc3)cccc2c1. The molecule has 0 radical (unpaired) electrons. The Morgan fingerprint density at radius 3 is 1.71 bits per heavy atom. The van der Waals surface area contributed by atoms with E-state index in [1.54, 1.807) is 0 Å². The van der Waals surface area contributed by atoms with Gasteiger partial charge in [-0.05, 0) is 93.0 Å². The molecule has 174 valence electrons.